The van der Waals surface area contributed by atoms with Crippen molar-refractivity contribution in [3.63, 3.8) is 0 Å². The molecule has 0 aliphatic heterocycles. The maximum Gasteiger partial charge on any atom is 0.126 e. The van der Waals surface area contributed by atoms with Gasteiger partial charge in [-0.2, -0.15) is 5.10 Å². The molecule has 1 heterocycles. The summed E-state index contributed by atoms with van der Waals surface area (Å²) in [6.07, 6.45) is 1.52. The molecule has 0 atom stereocenters. The van der Waals surface area contributed by atoms with E-state index in [2.05, 4.69) is 5.10 Å². The number of rotatable bonds is 1. The molecule has 0 unspecified atom stereocenters. The molecule has 1 aromatic heterocycles. The van der Waals surface area contributed by atoms with Gasteiger partial charge in [0, 0.05) is 12.6 Å². The van der Waals surface area contributed by atoms with E-state index in [1.54, 1.807) is 24.7 Å². The molecule has 16 heavy (non-hydrogen) atoms. The first kappa shape index (κ1) is 11.0. The van der Waals surface area contributed by atoms with Gasteiger partial charge in [0.1, 0.15) is 5.82 Å². The van der Waals surface area contributed by atoms with Gasteiger partial charge in [0.2, 0.25) is 0 Å². The zero-order chi connectivity index (χ0) is 11.9. The van der Waals surface area contributed by atoms with Crippen LogP contribution in [0.25, 0.3) is 11.3 Å². The van der Waals surface area contributed by atoms with Crippen LogP contribution in [0.3, 0.4) is 0 Å². The maximum atomic E-state index is 13.5. The number of aromatic nitrogens is 2. The highest BCUT2D eigenvalue weighted by Gasteiger charge is 2.14. The molecule has 0 fully saturated rings. The van der Waals surface area contributed by atoms with Gasteiger partial charge in [0.25, 0.3) is 0 Å². The molecule has 84 valence electrons. The lowest BCUT2D eigenvalue weighted by Crippen LogP contribution is -1.97. The Morgan fingerprint density at radius 1 is 1.44 bits per heavy atom. The van der Waals surface area contributed by atoms with Crippen molar-refractivity contribution >= 4 is 17.3 Å². The summed E-state index contributed by atoms with van der Waals surface area (Å²) in [4.78, 5) is 0. The minimum atomic E-state index is -0.306. The van der Waals surface area contributed by atoms with Gasteiger partial charge < -0.3 is 5.73 Å². The summed E-state index contributed by atoms with van der Waals surface area (Å²) in [6, 6.07) is 2.96. The van der Waals surface area contributed by atoms with Crippen molar-refractivity contribution in [3.05, 3.63) is 34.7 Å². The molecule has 2 rings (SSSR count). The molecule has 5 heteroatoms. The van der Waals surface area contributed by atoms with Crippen molar-refractivity contribution in [2.24, 2.45) is 7.05 Å². The van der Waals surface area contributed by atoms with Crippen molar-refractivity contribution in [2.75, 3.05) is 5.73 Å². The molecule has 0 radical (unpaired) electrons. The molecule has 0 saturated carbocycles. The van der Waals surface area contributed by atoms with Gasteiger partial charge in [-0.3, -0.25) is 4.68 Å². The first-order chi connectivity index (χ1) is 7.50. The van der Waals surface area contributed by atoms with Crippen LogP contribution in [0.1, 0.15) is 5.56 Å². The topological polar surface area (TPSA) is 43.8 Å². The fraction of sp³-hybridized carbons (Fsp3) is 0.182. The predicted molar refractivity (Wildman–Crippen MR) is 62.8 cm³/mol. The molecule has 0 aliphatic rings. The van der Waals surface area contributed by atoms with Crippen LogP contribution in [0.15, 0.2) is 18.3 Å². The average molecular weight is 240 g/mol. The predicted octanol–water partition coefficient (Wildman–Crippen LogP) is 2.77. The summed E-state index contributed by atoms with van der Waals surface area (Å²) in [5, 5.41) is 4.46. The van der Waals surface area contributed by atoms with Gasteiger partial charge in [-0.1, -0.05) is 11.6 Å². The number of nitrogens with two attached hydrogens (primary N) is 1. The number of nitrogens with zero attached hydrogens (tertiary/aromatic N) is 2. The molecular weight excluding hydrogens is 229 g/mol. The zero-order valence-corrected chi connectivity index (χ0v) is 9.72. The molecule has 0 aliphatic carbocycles. The number of hydrogen-bond donors (Lipinski definition) is 1. The summed E-state index contributed by atoms with van der Waals surface area (Å²) in [6.45, 7) is 1.66. The lowest BCUT2D eigenvalue weighted by Gasteiger charge is -2.08. The summed E-state index contributed by atoms with van der Waals surface area (Å²) in [7, 11) is 1.74. The Morgan fingerprint density at radius 3 is 2.69 bits per heavy atom. The van der Waals surface area contributed by atoms with Crippen LogP contribution in [0.2, 0.25) is 5.02 Å². The van der Waals surface area contributed by atoms with Crippen LogP contribution in [0, 0.1) is 12.7 Å². The number of anilines is 1. The van der Waals surface area contributed by atoms with E-state index in [4.69, 9.17) is 17.3 Å². The third-order valence-corrected chi connectivity index (χ3v) is 2.78. The highest BCUT2D eigenvalue weighted by molar-refractivity contribution is 6.33. The third-order valence-electron chi connectivity index (χ3n) is 2.47. The van der Waals surface area contributed by atoms with Crippen molar-refractivity contribution in [3.8, 4) is 11.3 Å². The second-order valence-corrected chi connectivity index (χ2v) is 4.06. The lowest BCUT2D eigenvalue weighted by atomic mass is 10.1. The van der Waals surface area contributed by atoms with Crippen LogP contribution in [-0.4, -0.2) is 9.78 Å². The van der Waals surface area contributed by atoms with E-state index in [0.717, 1.165) is 0 Å². The Balaban J connectivity index is 2.69. The zero-order valence-electron chi connectivity index (χ0n) is 8.96. The quantitative estimate of drug-likeness (QED) is 0.832. The first-order valence-corrected chi connectivity index (χ1v) is 5.12. The fourth-order valence-electron chi connectivity index (χ4n) is 1.61. The third kappa shape index (κ3) is 1.65. The number of halogens is 2. The molecule has 1 aromatic carbocycles. The van der Waals surface area contributed by atoms with Crippen LogP contribution in [-0.2, 0) is 7.05 Å². The molecular formula is C11H11ClFN3. The number of nitrogen functional groups attached to an aromatic ring is 1. The molecule has 0 bridgehead atoms. The van der Waals surface area contributed by atoms with Crippen LogP contribution < -0.4 is 5.73 Å². The minimum Gasteiger partial charge on any atom is -0.396 e. The lowest BCUT2D eigenvalue weighted by molar-refractivity contribution is 0.618. The van der Waals surface area contributed by atoms with Crippen molar-refractivity contribution in [1.82, 2.24) is 9.78 Å². The van der Waals surface area contributed by atoms with Crippen molar-refractivity contribution in [2.45, 2.75) is 6.92 Å². The number of aryl methyl sites for hydroxylation is 2. The van der Waals surface area contributed by atoms with Crippen LogP contribution >= 0.6 is 11.6 Å². The molecule has 3 nitrogen and oxygen atoms in total. The Labute approximate surface area is 97.6 Å². The minimum absolute atomic E-state index is 0.306. The Bertz CT molecular complexity index is 529. The molecule has 0 saturated heterocycles. The Hall–Kier alpha value is -1.55. The molecule has 0 spiro atoms. The number of hydrogen-bond acceptors (Lipinski definition) is 2. The smallest absolute Gasteiger partial charge is 0.126 e. The summed E-state index contributed by atoms with van der Waals surface area (Å²) < 4.78 is 15.1. The van der Waals surface area contributed by atoms with E-state index in [1.165, 1.54) is 12.3 Å². The van der Waals surface area contributed by atoms with Gasteiger partial charge in [0.15, 0.2) is 0 Å². The van der Waals surface area contributed by atoms with E-state index in [0.29, 0.717) is 27.5 Å². The van der Waals surface area contributed by atoms with Crippen molar-refractivity contribution in [1.29, 1.82) is 0 Å². The molecule has 2 aromatic rings. The van der Waals surface area contributed by atoms with Gasteiger partial charge in [-0.25, -0.2) is 4.39 Å². The largest absolute Gasteiger partial charge is 0.396 e. The van der Waals surface area contributed by atoms with E-state index in [9.17, 15) is 4.39 Å². The van der Waals surface area contributed by atoms with Gasteiger partial charge in [-0.05, 0) is 24.6 Å². The summed E-state index contributed by atoms with van der Waals surface area (Å²) >= 11 is 6.07. The van der Waals surface area contributed by atoms with Gasteiger partial charge in [0.05, 0.1) is 22.6 Å². The van der Waals surface area contributed by atoms with E-state index < -0.39 is 0 Å². The first-order valence-electron chi connectivity index (χ1n) is 4.74. The highest BCUT2D eigenvalue weighted by Crippen LogP contribution is 2.33. The Morgan fingerprint density at radius 2 is 2.12 bits per heavy atom. The SMILES string of the molecule is Cc1cc(Cl)c(-c2c(N)cnn2C)cc1F. The standard InChI is InChI=1S/C11H11ClFN3/c1-6-3-8(12)7(4-9(6)13)11-10(14)5-15-16(11)2/h3-5H,14H2,1-2H3. The van der Waals surface area contributed by atoms with E-state index in [-0.39, 0.29) is 5.82 Å². The molecule has 2 N–H and O–H groups in total. The molecule has 0 amide bonds. The van der Waals surface area contributed by atoms with Crippen molar-refractivity contribution < 1.29 is 4.39 Å². The van der Waals surface area contributed by atoms with Gasteiger partial charge in [-0.15, -0.1) is 0 Å². The van der Waals surface area contributed by atoms with Crippen LogP contribution in [0.5, 0.6) is 0 Å². The van der Waals surface area contributed by atoms with Crippen LogP contribution in [0.4, 0.5) is 10.1 Å². The van der Waals surface area contributed by atoms with E-state index >= 15 is 0 Å². The van der Waals surface area contributed by atoms with Gasteiger partial charge >= 0.3 is 0 Å². The average Bonchev–Trinajstić information content (AvgIpc) is 2.53. The summed E-state index contributed by atoms with van der Waals surface area (Å²) in [5.41, 5.74) is 7.94. The maximum absolute atomic E-state index is 13.5. The highest BCUT2D eigenvalue weighted by atomic mass is 35.5. The normalized spacial score (nSPS) is 10.8. The second-order valence-electron chi connectivity index (χ2n) is 3.65. The number of benzene rings is 1. The summed E-state index contributed by atoms with van der Waals surface area (Å²) in [5.74, 6) is -0.306. The monoisotopic (exact) mass is 239 g/mol. The Kier molecular flexibility index (Phi) is 2.59. The second kappa shape index (κ2) is 3.79. The van der Waals surface area contributed by atoms with E-state index in [1.807, 2.05) is 0 Å². The fourth-order valence-corrected chi connectivity index (χ4v) is 1.92.